The van der Waals surface area contributed by atoms with Crippen LogP contribution in [0.5, 0.6) is 0 Å². The Morgan fingerprint density at radius 1 is 1.03 bits per heavy atom. The van der Waals surface area contributed by atoms with Crippen LogP contribution in [0.2, 0.25) is 5.02 Å². The predicted molar refractivity (Wildman–Crippen MR) is 136 cm³/mol. The number of hydrogen-bond donors (Lipinski definition) is 2. The van der Waals surface area contributed by atoms with Gasteiger partial charge in [0.05, 0.1) is 22.8 Å². The van der Waals surface area contributed by atoms with Gasteiger partial charge in [0.1, 0.15) is 17.3 Å². The van der Waals surface area contributed by atoms with Crippen molar-refractivity contribution in [2.75, 3.05) is 5.32 Å². The van der Waals surface area contributed by atoms with Crippen LogP contribution in [0.25, 0.3) is 16.9 Å². The molecule has 190 valence electrons. The molecule has 3 aromatic heterocycles. The van der Waals surface area contributed by atoms with Crippen LogP contribution >= 0.6 is 11.6 Å². The maximum atomic E-state index is 14.3. The lowest BCUT2D eigenvalue weighted by molar-refractivity contribution is 0.0941. The van der Waals surface area contributed by atoms with Crippen LogP contribution in [-0.2, 0) is 6.54 Å². The number of carbonyl (C=O) groups excluding carboxylic acids is 2. The van der Waals surface area contributed by atoms with Gasteiger partial charge in [-0.05, 0) is 36.4 Å². The number of rotatable bonds is 7. The molecule has 0 aliphatic rings. The van der Waals surface area contributed by atoms with Gasteiger partial charge in [-0.25, -0.2) is 9.07 Å². The third-order valence-electron chi connectivity index (χ3n) is 5.40. The fourth-order valence-corrected chi connectivity index (χ4v) is 3.83. The number of nitrogens with zero attached hydrogens (tertiary/aromatic N) is 5. The quantitative estimate of drug-likeness (QED) is 0.314. The largest absolute Gasteiger partial charge is 0.424 e. The minimum Gasteiger partial charge on any atom is -0.424 e. The fraction of sp³-hybridized carbons (Fsp3) is 0.0769. The molecule has 0 unspecified atom stereocenters. The van der Waals surface area contributed by atoms with Crippen molar-refractivity contribution in [1.82, 2.24) is 30.3 Å². The first kappa shape index (κ1) is 24.8. The molecule has 10 nitrogen and oxygen atoms in total. The van der Waals surface area contributed by atoms with Crippen LogP contribution in [0.3, 0.4) is 0 Å². The summed E-state index contributed by atoms with van der Waals surface area (Å²) in [5.74, 6) is -0.803. The molecule has 0 radical (unpaired) electrons. The molecule has 5 aromatic rings. The maximum absolute atomic E-state index is 14.3. The molecular formula is C26H19ClFN7O3. The molecule has 0 saturated carbocycles. The van der Waals surface area contributed by atoms with E-state index in [2.05, 4.69) is 30.9 Å². The topological polar surface area (TPSA) is 128 Å². The number of benzene rings is 2. The number of anilines is 1. The summed E-state index contributed by atoms with van der Waals surface area (Å²) in [6.45, 7) is 1.65. The molecule has 0 atom stereocenters. The summed E-state index contributed by atoms with van der Waals surface area (Å²) >= 11 is 6.32. The first-order valence-corrected chi connectivity index (χ1v) is 11.7. The summed E-state index contributed by atoms with van der Waals surface area (Å²) in [7, 11) is 0. The van der Waals surface area contributed by atoms with Gasteiger partial charge in [-0.3, -0.25) is 14.6 Å². The molecule has 0 fully saturated rings. The highest BCUT2D eigenvalue weighted by Crippen LogP contribution is 2.27. The number of carbonyl (C=O) groups is 2. The number of pyridine rings is 1. The van der Waals surface area contributed by atoms with Crippen molar-refractivity contribution >= 4 is 29.2 Å². The second-order valence-corrected chi connectivity index (χ2v) is 8.45. The maximum Gasteiger partial charge on any atom is 0.272 e. The summed E-state index contributed by atoms with van der Waals surface area (Å²) < 4.78 is 21.0. The van der Waals surface area contributed by atoms with Gasteiger partial charge < -0.3 is 15.1 Å². The fourth-order valence-electron chi connectivity index (χ4n) is 3.63. The highest BCUT2D eigenvalue weighted by molar-refractivity contribution is 6.34. The smallest absolute Gasteiger partial charge is 0.272 e. The van der Waals surface area contributed by atoms with Crippen molar-refractivity contribution in [3.8, 4) is 16.9 Å². The number of para-hydroxylation sites is 1. The molecule has 0 aliphatic carbocycles. The number of aryl methyl sites for hydroxylation is 1. The normalized spacial score (nSPS) is 10.8. The van der Waals surface area contributed by atoms with Crippen LogP contribution in [-0.4, -0.2) is 36.8 Å². The summed E-state index contributed by atoms with van der Waals surface area (Å²) in [6, 6.07) is 17.6. The van der Waals surface area contributed by atoms with E-state index in [1.165, 1.54) is 41.2 Å². The lowest BCUT2D eigenvalue weighted by Crippen LogP contribution is -2.23. The van der Waals surface area contributed by atoms with Gasteiger partial charge in [0.15, 0.2) is 5.69 Å². The standard InChI is InChI=1S/C26H19ClFN7O3/c1-15-32-33-23(38-15)14-30-26(37)21-13-22(35(34-21)17-6-3-2-4-7-17)31-25(36)18-12-16(9-10-19(18)27)24-20(28)8-5-11-29-24/h2-13H,14H2,1H3,(H,30,37)(H,31,36). The van der Waals surface area contributed by atoms with Gasteiger partial charge in [-0.2, -0.15) is 5.10 Å². The number of amides is 2. The van der Waals surface area contributed by atoms with Gasteiger partial charge in [0.2, 0.25) is 11.8 Å². The van der Waals surface area contributed by atoms with Crippen molar-refractivity contribution < 1.29 is 18.4 Å². The Morgan fingerprint density at radius 3 is 2.58 bits per heavy atom. The van der Waals surface area contributed by atoms with Crippen LogP contribution in [0, 0.1) is 12.7 Å². The Kier molecular flexibility index (Phi) is 6.92. The van der Waals surface area contributed by atoms with Crippen molar-refractivity contribution in [1.29, 1.82) is 0 Å². The molecule has 2 amide bonds. The molecule has 38 heavy (non-hydrogen) atoms. The average Bonchev–Trinajstić information content (AvgIpc) is 3.54. The SMILES string of the molecule is Cc1nnc(CNC(=O)c2cc(NC(=O)c3cc(-c4ncccc4F)ccc3Cl)n(-c3ccccc3)n2)o1. The molecule has 0 spiro atoms. The summed E-state index contributed by atoms with van der Waals surface area (Å²) in [5.41, 5.74) is 1.20. The second-order valence-electron chi connectivity index (χ2n) is 8.04. The molecule has 2 N–H and O–H groups in total. The molecule has 0 saturated heterocycles. The Balaban J connectivity index is 1.44. The number of halogens is 2. The van der Waals surface area contributed by atoms with Gasteiger partial charge in [0.25, 0.3) is 11.8 Å². The van der Waals surface area contributed by atoms with Crippen LogP contribution < -0.4 is 10.6 Å². The zero-order valence-corrected chi connectivity index (χ0v) is 20.6. The van der Waals surface area contributed by atoms with E-state index in [0.29, 0.717) is 17.1 Å². The molecule has 2 aromatic carbocycles. The molecular weight excluding hydrogens is 513 g/mol. The van der Waals surface area contributed by atoms with E-state index in [1.54, 1.807) is 37.3 Å². The van der Waals surface area contributed by atoms with E-state index in [1.807, 2.05) is 6.07 Å². The first-order chi connectivity index (χ1) is 18.4. The highest BCUT2D eigenvalue weighted by Gasteiger charge is 2.20. The van der Waals surface area contributed by atoms with Crippen molar-refractivity contribution in [3.63, 3.8) is 0 Å². The third-order valence-corrected chi connectivity index (χ3v) is 5.72. The van der Waals surface area contributed by atoms with E-state index in [0.717, 1.165) is 0 Å². The van der Waals surface area contributed by atoms with E-state index in [-0.39, 0.29) is 40.2 Å². The summed E-state index contributed by atoms with van der Waals surface area (Å²) in [5, 5.41) is 17.5. The Hall–Kier alpha value is -4.90. The lowest BCUT2D eigenvalue weighted by atomic mass is 10.1. The van der Waals surface area contributed by atoms with E-state index >= 15 is 0 Å². The molecule has 0 aliphatic heterocycles. The Labute approximate surface area is 220 Å². The zero-order chi connectivity index (χ0) is 26.6. The molecule has 5 rings (SSSR count). The third kappa shape index (κ3) is 5.27. The number of nitrogens with one attached hydrogen (secondary N) is 2. The van der Waals surface area contributed by atoms with Gasteiger partial charge in [0, 0.05) is 24.8 Å². The second kappa shape index (κ2) is 10.6. The van der Waals surface area contributed by atoms with Crippen molar-refractivity contribution in [2.24, 2.45) is 0 Å². The summed E-state index contributed by atoms with van der Waals surface area (Å²) in [6.07, 6.45) is 1.46. The van der Waals surface area contributed by atoms with E-state index < -0.39 is 17.6 Å². The van der Waals surface area contributed by atoms with Gasteiger partial charge in [-0.15, -0.1) is 10.2 Å². The first-order valence-electron chi connectivity index (χ1n) is 11.3. The highest BCUT2D eigenvalue weighted by atomic mass is 35.5. The predicted octanol–water partition coefficient (Wildman–Crippen LogP) is 4.60. The van der Waals surface area contributed by atoms with Crippen molar-refractivity contribution in [3.05, 3.63) is 107 Å². The molecule has 0 bridgehead atoms. The monoisotopic (exact) mass is 531 g/mol. The van der Waals surface area contributed by atoms with Crippen LogP contribution in [0.1, 0.15) is 32.6 Å². The summed E-state index contributed by atoms with van der Waals surface area (Å²) in [4.78, 5) is 30.2. The molecule has 12 heteroatoms. The van der Waals surface area contributed by atoms with E-state index in [4.69, 9.17) is 16.0 Å². The average molecular weight is 532 g/mol. The Bertz CT molecular complexity index is 1640. The molecule has 3 heterocycles. The van der Waals surface area contributed by atoms with Crippen molar-refractivity contribution in [2.45, 2.75) is 13.5 Å². The van der Waals surface area contributed by atoms with Crippen LogP contribution in [0.15, 0.2) is 77.3 Å². The van der Waals surface area contributed by atoms with Gasteiger partial charge in [-0.1, -0.05) is 35.9 Å². The number of aromatic nitrogens is 5. The Morgan fingerprint density at radius 2 is 1.84 bits per heavy atom. The van der Waals surface area contributed by atoms with E-state index in [9.17, 15) is 14.0 Å². The van der Waals surface area contributed by atoms with Crippen LogP contribution in [0.4, 0.5) is 10.2 Å². The number of hydrogen-bond acceptors (Lipinski definition) is 7. The van der Waals surface area contributed by atoms with Gasteiger partial charge >= 0.3 is 0 Å². The minimum atomic E-state index is -0.585. The minimum absolute atomic E-state index is 0.00600. The lowest BCUT2D eigenvalue weighted by Gasteiger charge is -2.11. The zero-order valence-electron chi connectivity index (χ0n) is 19.9.